The van der Waals surface area contributed by atoms with Crippen molar-refractivity contribution in [3.05, 3.63) is 72.6 Å². The minimum atomic E-state index is -0.0807. The van der Waals surface area contributed by atoms with Crippen molar-refractivity contribution >= 4 is 5.69 Å². The van der Waals surface area contributed by atoms with E-state index in [1.807, 2.05) is 36.4 Å². The van der Waals surface area contributed by atoms with Gasteiger partial charge in [0.15, 0.2) is 6.23 Å². The number of aromatic nitrogens is 1. The quantitative estimate of drug-likeness (QED) is 0.696. The van der Waals surface area contributed by atoms with E-state index < -0.39 is 0 Å². The lowest BCUT2D eigenvalue weighted by Crippen LogP contribution is -2.22. The smallest absolute Gasteiger partial charge is 0.158 e. The van der Waals surface area contributed by atoms with Crippen LogP contribution in [0.15, 0.2) is 67.0 Å². The molecule has 26 heavy (non-hydrogen) atoms. The molecule has 0 aliphatic carbocycles. The molecular weight excluding hydrogens is 328 g/mol. The summed E-state index contributed by atoms with van der Waals surface area (Å²) in [5.41, 5.74) is 3.35. The van der Waals surface area contributed by atoms with Gasteiger partial charge in [0.1, 0.15) is 11.5 Å². The fraction of sp³-hybridized carbons (Fsp3) is 0.238. The Bertz CT molecular complexity index is 856. The van der Waals surface area contributed by atoms with Crippen molar-refractivity contribution in [2.75, 3.05) is 32.3 Å². The summed E-state index contributed by atoms with van der Waals surface area (Å²) < 4.78 is 18.6. The molecule has 1 unspecified atom stereocenters. The van der Waals surface area contributed by atoms with Crippen LogP contribution >= 0.6 is 0 Å². The number of hydrogen-bond donors (Lipinski definition) is 0. The van der Waals surface area contributed by atoms with Crippen LogP contribution in [-0.4, -0.2) is 31.9 Å². The van der Waals surface area contributed by atoms with Crippen molar-refractivity contribution in [1.29, 1.82) is 0 Å². The molecule has 0 N–H and O–H groups in total. The van der Waals surface area contributed by atoms with Gasteiger partial charge in [0.25, 0.3) is 0 Å². The summed E-state index contributed by atoms with van der Waals surface area (Å²) >= 11 is 0. The Balaban J connectivity index is 1.57. The number of ether oxygens (including phenoxy) is 3. The second-order valence-corrected chi connectivity index (χ2v) is 6.16. The van der Waals surface area contributed by atoms with Crippen molar-refractivity contribution < 1.29 is 14.2 Å². The Morgan fingerprint density at radius 3 is 2.08 bits per heavy atom. The Morgan fingerprint density at radius 1 is 0.846 bits per heavy atom. The van der Waals surface area contributed by atoms with Gasteiger partial charge >= 0.3 is 0 Å². The first kappa shape index (κ1) is 16.5. The number of nitrogens with zero attached hydrogens (tertiary/aromatic N) is 2. The molecule has 0 bridgehead atoms. The third kappa shape index (κ3) is 3.13. The Labute approximate surface area is 153 Å². The van der Waals surface area contributed by atoms with Crippen molar-refractivity contribution in [3.8, 4) is 17.2 Å². The molecule has 0 radical (unpaired) electrons. The van der Waals surface area contributed by atoms with Gasteiger partial charge in [-0.05, 0) is 54.6 Å². The second-order valence-electron chi connectivity index (χ2n) is 6.16. The lowest BCUT2D eigenvalue weighted by Gasteiger charge is -2.24. The van der Waals surface area contributed by atoms with Crippen LogP contribution in [0, 0.1) is 0 Å². The minimum absolute atomic E-state index is 0.0807. The van der Waals surface area contributed by atoms with Gasteiger partial charge in [0.05, 0.1) is 20.8 Å². The first-order valence-electron chi connectivity index (χ1n) is 8.63. The van der Waals surface area contributed by atoms with Crippen molar-refractivity contribution in [3.63, 3.8) is 0 Å². The first-order chi connectivity index (χ1) is 12.8. The molecule has 134 valence electrons. The zero-order chi connectivity index (χ0) is 17.9. The average molecular weight is 350 g/mol. The number of anilines is 1. The van der Waals surface area contributed by atoms with E-state index in [-0.39, 0.29) is 6.23 Å². The van der Waals surface area contributed by atoms with E-state index in [2.05, 4.69) is 40.1 Å². The fourth-order valence-corrected chi connectivity index (χ4v) is 3.26. The summed E-state index contributed by atoms with van der Waals surface area (Å²) in [6.45, 7) is 1.58. The van der Waals surface area contributed by atoms with Gasteiger partial charge in [0, 0.05) is 35.9 Å². The zero-order valence-electron chi connectivity index (χ0n) is 15.0. The maximum absolute atomic E-state index is 6.01. The molecule has 2 heterocycles. The van der Waals surface area contributed by atoms with E-state index >= 15 is 0 Å². The van der Waals surface area contributed by atoms with Crippen LogP contribution in [0.25, 0.3) is 5.69 Å². The molecule has 1 aromatic heterocycles. The van der Waals surface area contributed by atoms with E-state index in [0.717, 1.165) is 35.0 Å². The Morgan fingerprint density at radius 2 is 1.46 bits per heavy atom. The Kier molecular flexibility index (Phi) is 4.54. The van der Waals surface area contributed by atoms with E-state index in [1.165, 1.54) is 0 Å². The fourth-order valence-electron chi connectivity index (χ4n) is 3.26. The van der Waals surface area contributed by atoms with Crippen LogP contribution in [0.3, 0.4) is 0 Å². The predicted molar refractivity (Wildman–Crippen MR) is 101 cm³/mol. The van der Waals surface area contributed by atoms with Crippen LogP contribution in [0.2, 0.25) is 0 Å². The lowest BCUT2D eigenvalue weighted by molar-refractivity contribution is 0.114. The monoisotopic (exact) mass is 350 g/mol. The van der Waals surface area contributed by atoms with Gasteiger partial charge < -0.3 is 23.7 Å². The van der Waals surface area contributed by atoms with Gasteiger partial charge in [-0.2, -0.15) is 0 Å². The van der Waals surface area contributed by atoms with E-state index in [4.69, 9.17) is 14.2 Å². The topological polar surface area (TPSA) is 35.9 Å². The molecule has 4 rings (SSSR count). The molecule has 1 fully saturated rings. The summed E-state index contributed by atoms with van der Waals surface area (Å²) in [5.74, 6) is 1.71. The van der Waals surface area contributed by atoms with E-state index in [1.54, 1.807) is 14.2 Å². The third-order valence-corrected chi connectivity index (χ3v) is 4.67. The van der Waals surface area contributed by atoms with E-state index in [9.17, 15) is 0 Å². The number of benzene rings is 2. The van der Waals surface area contributed by atoms with Gasteiger partial charge in [-0.3, -0.25) is 0 Å². The van der Waals surface area contributed by atoms with Crippen LogP contribution < -0.4 is 14.4 Å². The normalized spacial score (nSPS) is 16.7. The summed E-state index contributed by atoms with van der Waals surface area (Å²) in [6.07, 6.45) is 4.10. The highest BCUT2D eigenvalue weighted by Crippen LogP contribution is 2.33. The predicted octanol–water partition coefficient (Wildman–Crippen LogP) is 4.03. The minimum Gasteiger partial charge on any atom is -0.497 e. The summed E-state index contributed by atoms with van der Waals surface area (Å²) in [7, 11) is 3.35. The molecule has 1 saturated heterocycles. The van der Waals surface area contributed by atoms with Gasteiger partial charge in [0.2, 0.25) is 0 Å². The molecule has 1 aliphatic rings. The second kappa shape index (κ2) is 7.14. The highest BCUT2D eigenvalue weighted by molar-refractivity contribution is 5.51. The van der Waals surface area contributed by atoms with Crippen LogP contribution in [0.4, 0.5) is 5.69 Å². The van der Waals surface area contributed by atoms with Crippen LogP contribution in [0.1, 0.15) is 11.8 Å². The molecule has 0 spiro atoms. The molecule has 3 aromatic rings. The highest BCUT2D eigenvalue weighted by atomic mass is 16.5. The molecule has 2 aromatic carbocycles. The van der Waals surface area contributed by atoms with Gasteiger partial charge in [-0.15, -0.1) is 0 Å². The summed E-state index contributed by atoms with van der Waals surface area (Å²) in [4.78, 5) is 2.27. The van der Waals surface area contributed by atoms with Gasteiger partial charge in [-0.25, -0.2) is 0 Å². The zero-order valence-corrected chi connectivity index (χ0v) is 15.0. The SMILES string of the molecule is COc1ccc(N2CCOC2c2ccn(-c3ccc(OC)cc3)c2)cc1. The van der Waals surface area contributed by atoms with Crippen LogP contribution in [0.5, 0.6) is 11.5 Å². The number of rotatable bonds is 5. The van der Waals surface area contributed by atoms with Crippen molar-refractivity contribution in [2.45, 2.75) is 6.23 Å². The molecule has 5 heteroatoms. The average Bonchev–Trinajstić information content (AvgIpc) is 3.37. The number of methoxy groups -OCH3 is 2. The maximum atomic E-state index is 6.01. The largest absolute Gasteiger partial charge is 0.497 e. The summed E-state index contributed by atoms with van der Waals surface area (Å²) in [6, 6.07) is 18.2. The molecule has 0 amide bonds. The van der Waals surface area contributed by atoms with Crippen molar-refractivity contribution in [2.24, 2.45) is 0 Å². The molecule has 1 atom stereocenters. The Hall–Kier alpha value is -2.92. The lowest BCUT2D eigenvalue weighted by atomic mass is 10.2. The standard InChI is InChI=1S/C21H22N2O3/c1-24-19-7-3-17(4-8-19)22-12-11-16(15-22)21-23(13-14-26-21)18-5-9-20(25-2)10-6-18/h3-12,15,21H,13-14H2,1-2H3. The summed E-state index contributed by atoms with van der Waals surface area (Å²) in [5, 5.41) is 0. The molecule has 0 saturated carbocycles. The molecular formula is C21H22N2O3. The maximum Gasteiger partial charge on any atom is 0.158 e. The third-order valence-electron chi connectivity index (χ3n) is 4.67. The molecule has 5 nitrogen and oxygen atoms in total. The van der Waals surface area contributed by atoms with Gasteiger partial charge in [-0.1, -0.05) is 0 Å². The highest BCUT2D eigenvalue weighted by Gasteiger charge is 2.28. The van der Waals surface area contributed by atoms with Crippen molar-refractivity contribution in [1.82, 2.24) is 4.57 Å². The van der Waals surface area contributed by atoms with Crippen LogP contribution in [-0.2, 0) is 4.74 Å². The molecule has 1 aliphatic heterocycles. The first-order valence-corrected chi connectivity index (χ1v) is 8.63. The van der Waals surface area contributed by atoms with E-state index in [0.29, 0.717) is 6.61 Å². The number of hydrogen-bond acceptors (Lipinski definition) is 4.